The highest BCUT2D eigenvalue weighted by atomic mass is 16.5. The van der Waals surface area contributed by atoms with Gasteiger partial charge in [-0.3, -0.25) is 4.79 Å². The molecule has 2 atom stereocenters. The van der Waals surface area contributed by atoms with Crippen molar-refractivity contribution in [3.8, 4) is 0 Å². The monoisotopic (exact) mass is 264 g/mol. The summed E-state index contributed by atoms with van der Waals surface area (Å²) in [4.78, 5) is 14.5. The van der Waals surface area contributed by atoms with Crippen LogP contribution in [0.15, 0.2) is 4.52 Å². The van der Waals surface area contributed by atoms with Crippen LogP contribution in [0, 0.1) is 13.8 Å². The number of carbonyl (C=O) groups is 1. The summed E-state index contributed by atoms with van der Waals surface area (Å²) in [6.07, 6.45) is 3.62. The van der Waals surface area contributed by atoms with E-state index in [0.29, 0.717) is 6.61 Å². The number of aromatic nitrogens is 1. The molecule has 3 heterocycles. The second-order valence-electron chi connectivity index (χ2n) is 5.43. The Kier molecular flexibility index (Phi) is 3.31. The van der Waals surface area contributed by atoms with Crippen molar-refractivity contribution in [3.63, 3.8) is 0 Å². The van der Waals surface area contributed by atoms with Gasteiger partial charge in [0.1, 0.15) is 11.9 Å². The maximum Gasteiger partial charge on any atom is 0.252 e. The van der Waals surface area contributed by atoms with Gasteiger partial charge in [-0.15, -0.1) is 0 Å². The van der Waals surface area contributed by atoms with E-state index < -0.39 is 0 Å². The molecule has 1 aromatic rings. The van der Waals surface area contributed by atoms with Gasteiger partial charge in [0.2, 0.25) is 0 Å². The van der Waals surface area contributed by atoms with Gasteiger partial charge in [0.25, 0.3) is 5.91 Å². The molecule has 2 saturated heterocycles. The van der Waals surface area contributed by atoms with Crippen molar-refractivity contribution in [2.45, 2.75) is 51.7 Å². The van der Waals surface area contributed by atoms with Crippen molar-refractivity contribution in [2.75, 3.05) is 13.2 Å². The van der Waals surface area contributed by atoms with Crippen LogP contribution >= 0.6 is 0 Å². The molecule has 104 valence electrons. The number of rotatable bonds is 2. The summed E-state index contributed by atoms with van der Waals surface area (Å²) in [5.74, 6) is 0.967. The number of carbonyl (C=O) groups excluding carboxylic acids is 1. The lowest BCUT2D eigenvalue weighted by atomic mass is 10.0. The maximum atomic E-state index is 12.5. The van der Waals surface area contributed by atoms with E-state index in [0.717, 1.165) is 49.2 Å². The molecule has 0 aliphatic carbocycles. The van der Waals surface area contributed by atoms with E-state index >= 15 is 0 Å². The van der Waals surface area contributed by atoms with E-state index in [-0.39, 0.29) is 18.1 Å². The third kappa shape index (κ3) is 2.16. The summed E-state index contributed by atoms with van der Waals surface area (Å²) < 4.78 is 10.8. The zero-order valence-corrected chi connectivity index (χ0v) is 11.5. The first-order valence-corrected chi connectivity index (χ1v) is 7.03. The number of likely N-dealkylation sites (tertiary alicyclic amines) is 1. The van der Waals surface area contributed by atoms with Gasteiger partial charge < -0.3 is 14.2 Å². The minimum absolute atomic E-state index is 0.114. The van der Waals surface area contributed by atoms with Gasteiger partial charge in [-0.05, 0) is 39.5 Å². The van der Waals surface area contributed by atoms with Gasteiger partial charge in [0.15, 0.2) is 0 Å². The minimum Gasteiger partial charge on any atom is -0.368 e. The van der Waals surface area contributed by atoms with Crippen LogP contribution < -0.4 is 0 Å². The second-order valence-corrected chi connectivity index (χ2v) is 5.43. The first kappa shape index (κ1) is 12.7. The van der Waals surface area contributed by atoms with E-state index in [1.54, 1.807) is 0 Å². The normalized spacial score (nSPS) is 27.2. The second kappa shape index (κ2) is 4.96. The fourth-order valence-corrected chi connectivity index (χ4v) is 3.25. The molecule has 0 spiro atoms. The van der Waals surface area contributed by atoms with Gasteiger partial charge in [0, 0.05) is 18.7 Å². The summed E-state index contributed by atoms with van der Waals surface area (Å²) in [6, 6.07) is 0.114. The molecular formula is C14H20N2O3. The van der Waals surface area contributed by atoms with E-state index in [2.05, 4.69) is 5.16 Å². The Morgan fingerprint density at radius 2 is 2.16 bits per heavy atom. The Hall–Kier alpha value is -1.36. The highest BCUT2D eigenvalue weighted by Gasteiger charge is 2.37. The predicted octanol–water partition coefficient (Wildman–Crippen LogP) is 2.13. The molecule has 2 fully saturated rings. The molecule has 0 unspecified atom stereocenters. The van der Waals surface area contributed by atoms with Crippen molar-refractivity contribution < 1.29 is 14.1 Å². The van der Waals surface area contributed by atoms with Gasteiger partial charge in [-0.25, -0.2) is 0 Å². The fraction of sp³-hybridized carbons (Fsp3) is 0.714. The summed E-state index contributed by atoms with van der Waals surface area (Å²) in [7, 11) is 0. The molecule has 2 aliphatic heterocycles. The zero-order valence-electron chi connectivity index (χ0n) is 11.5. The van der Waals surface area contributed by atoms with E-state index in [9.17, 15) is 4.79 Å². The number of amides is 1. The number of hydrogen-bond acceptors (Lipinski definition) is 4. The summed E-state index contributed by atoms with van der Waals surface area (Å²) in [6.45, 7) is 5.38. The molecule has 3 rings (SSSR count). The predicted molar refractivity (Wildman–Crippen MR) is 68.6 cm³/mol. The topological polar surface area (TPSA) is 55.6 Å². The fourth-order valence-electron chi connectivity index (χ4n) is 3.25. The summed E-state index contributed by atoms with van der Waals surface area (Å²) in [5.41, 5.74) is 1.98. The Labute approximate surface area is 112 Å². The Morgan fingerprint density at radius 3 is 2.79 bits per heavy atom. The first-order valence-electron chi connectivity index (χ1n) is 7.03. The van der Waals surface area contributed by atoms with Gasteiger partial charge in [0.05, 0.1) is 11.7 Å². The molecule has 5 heteroatoms. The molecule has 0 radical (unpaired) electrons. The molecule has 1 aromatic heterocycles. The minimum atomic E-state index is -0.235. The summed E-state index contributed by atoms with van der Waals surface area (Å²) >= 11 is 0. The Morgan fingerprint density at radius 1 is 1.32 bits per heavy atom. The number of ether oxygens (including phenoxy) is 1. The quantitative estimate of drug-likeness (QED) is 0.821. The highest BCUT2D eigenvalue weighted by molar-refractivity contribution is 5.82. The van der Waals surface area contributed by atoms with Crippen molar-refractivity contribution in [1.82, 2.24) is 10.1 Å². The first-order chi connectivity index (χ1) is 9.18. The molecular weight excluding hydrogens is 244 g/mol. The van der Waals surface area contributed by atoms with Gasteiger partial charge in [-0.1, -0.05) is 5.16 Å². The number of hydrogen-bond donors (Lipinski definition) is 0. The van der Waals surface area contributed by atoms with Crippen molar-refractivity contribution >= 4 is 5.91 Å². The lowest BCUT2D eigenvalue weighted by molar-refractivity contribution is -0.141. The average Bonchev–Trinajstić information content (AvgIpc) is 3.10. The molecule has 5 nitrogen and oxygen atoms in total. The molecule has 1 amide bonds. The third-order valence-corrected chi connectivity index (χ3v) is 4.16. The van der Waals surface area contributed by atoms with Crippen LogP contribution in [-0.4, -0.2) is 35.2 Å². The lowest BCUT2D eigenvalue weighted by Gasteiger charge is -2.27. The SMILES string of the molecule is Cc1noc(C)c1[C@H]1CCCN1C(=O)[C@H]1CCCO1. The van der Waals surface area contributed by atoms with Gasteiger partial charge in [-0.2, -0.15) is 0 Å². The van der Waals surface area contributed by atoms with Crippen LogP contribution in [0.3, 0.4) is 0 Å². The third-order valence-electron chi connectivity index (χ3n) is 4.16. The molecule has 2 aliphatic rings. The summed E-state index contributed by atoms with van der Waals surface area (Å²) in [5, 5.41) is 4.01. The van der Waals surface area contributed by atoms with Crippen molar-refractivity contribution in [2.24, 2.45) is 0 Å². The molecule has 0 bridgehead atoms. The zero-order chi connectivity index (χ0) is 13.4. The maximum absolute atomic E-state index is 12.5. The van der Waals surface area contributed by atoms with Gasteiger partial charge >= 0.3 is 0 Å². The van der Waals surface area contributed by atoms with E-state index in [1.807, 2.05) is 18.7 Å². The number of nitrogens with zero attached hydrogens (tertiary/aromatic N) is 2. The van der Waals surface area contributed by atoms with Crippen LogP contribution in [-0.2, 0) is 9.53 Å². The van der Waals surface area contributed by atoms with Crippen LogP contribution in [0.2, 0.25) is 0 Å². The molecule has 19 heavy (non-hydrogen) atoms. The molecule has 0 saturated carbocycles. The average molecular weight is 264 g/mol. The smallest absolute Gasteiger partial charge is 0.252 e. The highest BCUT2D eigenvalue weighted by Crippen LogP contribution is 2.36. The van der Waals surface area contributed by atoms with Crippen molar-refractivity contribution in [3.05, 3.63) is 17.0 Å². The number of aryl methyl sites for hydroxylation is 2. The van der Waals surface area contributed by atoms with Crippen LogP contribution in [0.25, 0.3) is 0 Å². The van der Waals surface area contributed by atoms with Crippen molar-refractivity contribution in [1.29, 1.82) is 0 Å². The van der Waals surface area contributed by atoms with Crippen LogP contribution in [0.4, 0.5) is 0 Å². The molecule has 0 N–H and O–H groups in total. The van der Waals surface area contributed by atoms with E-state index in [4.69, 9.17) is 9.26 Å². The molecule has 0 aromatic carbocycles. The van der Waals surface area contributed by atoms with E-state index in [1.165, 1.54) is 0 Å². The Balaban J connectivity index is 1.83. The standard InChI is InChI=1S/C14H20N2O3/c1-9-13(10(2)19-15-9)11-5-3-7-16(11)14(17)12-6-4-8-18-12/h11-12H,3-8H2,1-2H3/t11-,12-/m1/s1. The van der Waals surface area contributed by atoms with Crippen LogP contribution in [0.1, 0.15) is 48.7 Å². The lowest BCUT2D eigenvalue weighted by Crippen LogP contribution is -2.38. The Bertz CT molecular complexity index is 458. The largest absolute Gasteiger partial charge is 0.368 e. The van der Waals surface area contributed by atoms with Crippen LogP contribution in [0.5, 0.6) is 0 Å².